The summed E-state index contributed by atoms with van der Waals surface area (Å²) in [5, 5.41) is 6.25. The number of hydrogen-bond acceptors (Lipinski definition) is 3. The molecule has 2 N–H and O–H groups in total. The predicted molar refractivity (Wildman–Crippen MR) is 115 cm³/mol. The summed E-state index contributed by atoms with van der Waals surface area (Å²) in [6, 6.07) is 16.1. The van der Waals surface area contributed by atoms with Crippen LogP contribution in [0.25, 0.3) is 0 Å². The molecule has 2 fully saturated rings. The van der Waals surface area contributed by atoms with Gasteiger partial charge in [-0.2, -0.15) is 0 Å². The van der Waals surface area contributed by atoms with Gasteiger partial charge in [-0.3, -0.25) is 14.4 Å². The van der Waals surface area contributed by atoms with Crippen molar-refractivity contribution >= 4 is 17.6 Å². The van der Waals surface area contributed by atoms with E-state index in [1.54, 1.807) is 36.4 Å². The fourth-order valence-electron chi connectivity index (χ4n) is 5.04. The normalized spacial score (nSPS) is 25.7. The zero-order chi connectivity index (χ0) is 21.1. The molecule has 4 atom stereocenters. The zero-order valence-corrected chi connectivity index (χ0v) is 17.3. The van der Waals surface area contributed by atoms with Crippen molar-refractivity contribution in [3.05, 3.63) is 71.3 Å². The van der Waals surface area contributed by atoms with Gasteiger partial charge in [0.15, 0.2) is 5.78 Å². The molecule has 0 aromatic heterocycles. The van der Waals surface area contributed by atoms with Gasteiger partial charge in [0.1, 0.15) is 0 Å². The fraction of sp³-hybridized carbons (Fsp3) is 0.400. The predicted octanol–water partition coefficient (Wildman–Crippen LogP) is 3.73. The summed E-state index contributed by atoms with van der Waals surface area (Å²) < 4.78 is 0. The summed E-state index contributed by atoms with van der Waals surface area (Å²) >= 11 is 0. The smallest absolute Gasteiger partial charge is 0.252 e. The Bertz CT molecular complexity index is 940. The van der Waals surface area contributed by atoms with Crippen molar-refractivity contribution in [3.63, 3.8) is 0 Å². The number of fused-ring (bicyclic) bond motifs is 1. The first-order chi connectivity index (χ1) is 14.6. The van der Waals surface area contributed by atoms with Gasteiger partial charge < -0.3 is 10.6 Å². The van der Waals surface area contributed by atoms with Crippen LogP contribution in [0.15, 0.2) is 54.6 Å². The quantitative estimate of drug-likeness (QED) is 0.746. The lowest BCUT2D eigenvalue weighted by Gasteiger charge is -2.44. The van der Waals surface area contributed by atoms with Crippen LogP contribution in [-0.2, 0) is 4.79 Å². The summed E-state index contributed by atoms with van der Waals surface area (Å²) in [5.41, 5.74) is 1.37. The molecule has 0 spiro atoms. The average Bonchev–Trinajstić information content (AvgIpc) is 2.78. The van der Waals surface area contributed by atoms with Gasteiger partial charge >= 0.3 is 0 Å². The summed E-state index contributed by atoms with van der Waals surface area (Å²) in [6.07, 6.45) is 4.27. The first-order valence-electron chi connectivity index (χ1n) is 10.9. The second-order valence-electron chi connectivity index (χ2n) is 8.43. The first-order valence-corrected chi connectivity index (χ1v) is 10.9. The van der Waals surface area contributed by atoms with Gasteiger partial charge in [0.2, 0.25) is 5.91 Å². The van der Waals surface area contributed by atoms with Crippen molar-refractivity contribution < 1.29 is 14.4 Å². The van der Waals surface area contributed by atoms with Crippen molar-refractivity contribution in [2.45, 2.75) is 51.1 Å². The molecule has 1 heterocycles. The van der Waals surface area contributed by atoms with Crippen molar-refractivity contribution in [1.29, 1.82) is 0 Å². The maximum absolute atomic E-state index is 13.1. The van der Waals surface area contributed by atoms with Gasteiger partial charge in [-0.1, -0.05) is 61.9 Å². The molecule has 1 saturated carbocycles. The number of amides is 2. The lowest BCUT2D eigenvalue weighted by molar-refractivity contribution is -0.127. The van der Waals surface area contributed by atoms with Crippen LogP contribution in [0.2, 0.25) is 0 Å². The highest BCUT2D eigenvalue weighted by atomic mass is 16.2. The fourth-order valence-corrected chi connectivity index (χ4v) is 5.04. The lowest BCUT2D eigenvalue weighted by atomic mass is 9.70. The second-order valence-corrected chi connectivity index (χ2v) is 8.43. The number of nitrogens with one attached hydrogen (secondary N) is 2. The van der Waals surface area contributed by atoms with Crippen molar-refractivity contribution in [3.8, 4) is 0 Å². The number of benzene rings is 2. The maximum Gasteiger partial charge on any atom is 0.252 e. The molecule has 2 aromatic carbocycles. The summed E-state index contributed by atoms with van der Waals surface area (Å²) in [4.78, 5) is 38.0. The summed E-state index contributed by atoms with van der Waals surface area (Å²) in [6.45, 7) is 2.15. The molecule has 0 bridgehead atoms. The SMILES string of the molecule is CCC1CC(=O)NC2CC(NC(=O)c3ccccc3C(=O)c3ccccc3)CCC12. The van der Waals surface area contributed by atoms with E-state index in [0.29, 0.717) is 34.9 Å². The van der Waals surface area contributed by atoms with E-state index < -0.39 is 0 Å². The van der Waals surface area contributed by atoms with Crippen LogP contribution in [0.4, 0.5) is 0 Å². The highest BCUT2D eigenvalue weighted by Gasteiger charge is 2.40. The number of ketones is 1. The van der Waals surface area contributed by atoms with Crippen molar-refractivity contribution in [2.24, 2.45) is 11.8 Å². The van der Waals surface area contributed by atoms with E-state index in [9.17, 15) is 14.4 Å². The van der Waals surface area contributed by atoms with Gasteiger partial charge in [0.05, 0.1) is 5.56 Å². The molecule has 5 heteroatoms. The Kier molecular flexibility index (Phi) is 5.98. The minimum Gasteiger partial charge on any atom is -0.353 e. The van der Waals surface area contributed by atoms with Crippen LogP contribution < -0.4 is 10.6 Å². The van der Waals surface area contributed by atoms with Crippen LogP contribution in [0.3, 0.4) is 0 Å². The largest absolute Gasteiger partial charge is 0.353 e. The number of hydrogen-bond donors (Lipinski definition) is 2. The maximum atomic E-state index is 13.1. The zero-order valence-electron chi connectivity index (χ0n) is 17.3. The van der Waals surface area contributed by atoms with Crippen LogP contribution in [0.5, 0.6) is 0 Å². The Hall–Kier alpha value is -2.95. The van der Waals surface area contributed by atoms with E-state index in [1.165, 1.54) is 0 Å². The Morgan fingerprint density at radius 2 is 1.70 bits per heavy atom. The number of piperidine rings is 1. The summed E-state index contributed by atoms with van der Waals surface area (Å²) in [5.74, 6) is 0.661. The van der Waals surface area contributed by atoms with E-state index in [0.717, 1.165) is 25.7 Å². The lowest BCUT2D eigenvalue weighted by Crippen LogP contribution is -2.55. The van der Waals surface area contributed by atoms with E-state index in [4.69, 9.17) is 0 Å². The Labute approximate surface area is 177 Å². The number of rotatable bonds is 5. The Balaban J connectivity index is 1.48. The molecule has 4 unspecified atom stereocenters. The van der Waals surface area contributed by atoms with Crippen LogP contribution in [-0.4, -0.2) is 29.7 Å². The minimum atomic E-state index is -0.229. The van der Waals surface area contributed by atoms with Gasteiger partial charge in [-0.15, -0.1) is 0 Å². The molecule has 4 rings (SSSR count). The molecule has 1 saturated heterocycles. The Morgan fingerprint density at radius 3 is 2.43 bits per heavy atom. The van der Waals surface area contributed by atoms with Crippen LogP contribution in [0.1, 0.15) is 65.3 Å². The molecular formula is C25H28N2O3. The molecule has 2 aliphatic rings. The van der Waals surface area contributed by atoms with Crippen molar-refractivity contribution in [1.82, 2.24) is 10.6 Å². The van der Waals surface area contributed by atoms with E-state index >= 15 is 0 Å². The molecule has 5 nitrogen and oxygen atoms in total. The molecular weight excluding hydrogens is 376 g/mol. The minimum absolute atomic E-state index is 0.00506. The van der Waals surface area contributed by atoms with Gasteiger partial charge in [0, 0.05) is 29.6 Å². The molecule has 1 aliphatic carbocycles. The third kappa shape index (κ3) is 4.16. The standard InChI is InChI=1S/C25H28N2O3/c1-2-16-14-23(28)27-22-15-18(12-13-19(16)22)26-25(30)21-11-7-6-10-20(21)24(29)17-8-4-3-5-9-17/h3-11,16,18-19,22H,2,12-15H2,1H3,(H,26,30)(H,27,28). The first kappa shape index (κ1) is 20.3. The monoisotopic (exact) mass is 404 g/mol. The molecule has 1 aliphatic heterocycles. The second kappa shape index (κ2) is 8.82. The van der Waals surface area contributed by atoms with Gasteiger partial charge in [-0.25, -0.2) is 0 Å². The van der Waals surface area contributed by atoms with Crippen LogP contribution >= 0.6 is 0 Å². The number of carbonyl (C=O) groups excluding carboxylic acids is 3. The van der Waals surface area contributed by atoms with Gasteiger partial charge in [-0.05, 0) is 37.2 Å². The third-order valence-corrected chi connectivity index (χ3v) is 6.62. The molecule has 0 radical (unpaired) electrons. The topological polar surface area (TPSA) is 75.3 Å². The summed E-state index contributed by atoms with van der Waals surface area (Å²) in [7, 11) is 0. The molecule has 2 aromatic rings. The average molecular weight is 405 g/mol. The highest BCUT2D eigenvalue weighted by Crippen LogP contribution is 2.37. The molecule has 156 valence electrons. The van der Waals surface area contributed by atoms with Crippen molar-refractivity contribution in [2.75, 3.05) is 0 Å². The van der Waals surface area contributed by atoms with Crippen LogP contribution in [0, 0.1) is 11.8 Å². The van der Waals surface area contributed by atoms with E-state index in [1.807, 2.05) is 18.2 Å². The van der Waals surface area contributed by atoms with E-state index in [2.05, 4.69) is 17.6 Å². The van der Waals surface area contributed by atoms with E-state index in [-0.39, 0.29) is 29.7 Å². The van der Waals surface area contributed by atoms with Gasteiger partial charge in [0.25, 0.3) is 5.91 Å². The third-order valence-electron chi connectivity index (χ3n) is 6.62. The molecule has 2 amide bonds. The number of carbonyl (C=O) groups is 3. The highest BCUT2D eigenvalue weighted by molar-refractivity contribution is 6.15. The molecule has 30 heavy (non-hydrogen) atoms. The Morgan fingerprint density at radius 1 is 1.00 bits per heavy atom.